The molecule has 4 nitrogen and oxygen atoms in total. The minimum Gasteiger partial charge on any atom is -0.378 e. The zero-order chi connectivity index (χ0) is 15.0. The number of carbonyl (C=O) groups is 1. The lowest BCUT2D eigenvalue weighted by molar-refractivity contribution is -0.123. The monoisotopic (exact) mass is 282 g/mol. The van der Waals surface area contributed by atoms with Crippen molar-refractivity contribution in [2.24, 2.45) is 0 Å². The highest BCUT2D eigenvalue weighted by atomic mass is 16.3. The lowest BCUT2D eigenvalue weighted by Gasteiger charge is -2.24. The molecular weight excluding hydrogens is 264 g/mol. The Kier molecular flexibility index (Phi) is 3.39. The number of benzene rings is 2. The molecule has 1 aliphatic rings. The van der Waals surface area contributed by atoms with E-state index in [-0.39, 0.29) is 5.91 Å². The van der Waals surface area contributed by atoms with Gasteiger partial charge in [0.1, 0.15) is 0 Å². The number of aliphatic hydroxyl groups is 1. The lowest BCUT2D eigenvalue weighted by atomic mass is 10.1. The van der Waals surface area contributed by atoms with Crippen LogP contribution in [0.15, 0.2) is 42.5 Å². The van der Waals surface area contributed by atoms with E-state index in [1.165, 1.54) is 5.56 Å². The van der Waals surface area contributed by atoms with Gasteiger partial charge < -0.3 is 15.3 Å². The third-order valence-corrected chi connectivity index (χ3v) is 3.78. The molecule has 2 N–H and O–H groups in total. The normalized spacial score (nSPS) is 16.5. The molecule has 4 heteroatoms. The summed E-state index contributed by atoms with van der Waals surface area (Å²) in [5.74, 6) is -0.360. The molecule has 0 saturated carbocycles. The van der Waals surface area contributed by atoms with Crippen molar-refractivity contribution >= 4 is 23.0 Å². The molecule has 0 fully saturated rings. The van der Waals surface area contributed by atoms with Crippen LogP contribution in [0.4, 0.5) is 17.1 Å². The van der Waals surface area contributed by atoms with Crippen LogP contribution in [0.1, 0.15) is 24.2 Å². The van der Waals surface area contributed by atoms with Crippen molar-refractivity contribution in [1.82, 2.24) is 0 Å². The largest absolute Gasteiger partial charge is 0.378 e. The number of rotatable bonds is 3. The van der Waals surface area contributed by atoms with Crippen molar-refractivity contribution in [3.63, 3.8) is 0 Å². The molecular formula is C17H18N2O2. The molecule has 3 rings (SSSR count). The van der Waals surface area contributed by atoms with E-state index in [4.69, 9.17) is 0 Å². The van der Waals surface area contributed by atoms with Crippen molar-refractivity contribution < 1.29 is 9.90 Å². The van der Waals surface area contributed by atoms with Crippen LogP contribution in [-0.4, -0.2) is 17.6 Å². The van der Waals surface area contributed by atoms with Gasteiger partial charge in [-0.1, -0.05) is 18.2 Å². The molecule has 1 atom stereocenters. The minimum absolute atomic E-state index is 0.360. The van der Waals surface area contributed by atoms with E-state index in [1.54, 1.807) is 0 Å². The SMILES string of the molecule is CCN(c1cccc(C)c1)c1ccc2c(c1)NC(=O)C2O. The second kappa shape index (κ2) is 5.22. The molecule has 0 aromatic heterocycles. The summed E-state index contributed by atoms with van der Waals surface area (Å²) in [6.07, 6.45) is -1.05. The third kappa shape index (κ3) is 2.38. The number of fused-ring (bicyclic) bond motifs is 1. The Hall–Kier alpha value is -2.33. The standard InChI is InChI=1S/C17H18N2O2/c1-3-19(12-6-4-5-11(2)9-12)13-7-8-14-15(10-13)18-17(21)16(14)20/h4-10,16,20H,3H2,1-2H3,(H,18,21). The van der Waals surface area contributed by atoms with E-state index in [9.17, 15) is 9.90 Å². The number of aryl methyl sites for hydroxylation is 1. The van der Waals surface area contributed by atoms with Crippen LogP contribution in [0.3, 0.4) is 0 Å². The Morgan fingerprint density at radius 3 is 2.67 bits per heavy atom. The first kappa shape index (κ1) is 13.6. The number of carbonyl (C=O) groups excluding carboxylic acids is 1. The average molecular weight is 282 g/mol. The molecule has 2 aromatic rings. The number of hydrogen-bond donors (Lipinski definition) is 2. The molecule has 0 spiro atoms. The summed E-state index contributed by atoms with van der Waals surface area (Å²) in [6.45, 7) is 4.97. The summed E-state index contributed by atoms with van der Waals surface area (Å²) in [5, 5.41) is 12.5. The fourth-order valence-corrected chi connectivity index (χ4v) is 2.71. The zero-order valence-corrected chi connectivity index (χ0v) is 12.1. The van der Waals surface area contributed by atoms with Crippen molar-refractivity contribution in [3.05, 3.63) is 53.6 Å². The number of anilines is 3. The van der Waals surface area contributed by atoms with Gasteiger partial charge in [0.2, 0.25) is 0 Å². The second-order valence-electron chi connectivity index (χ2n) is 5.25. The first-order valence-electron chi connectivity index (χ1n) is 7.07. The zero-order valence-electron chi connectivity index (χ0n) is 12.1. The third-order valence-electron chi connectivity index (χ3n) is 3.78. The number of amides is 1. The Morgan fingerprint density at radius 1 is 1.19 bits per heavy atom. The predicted octanol–water partition coefficient (Wildman–Crippen LogP) is 3.14. The Bertz CT molecular complexity index is 697. The molecule has 21 heavy (non-hydrogen) atoms. The first-order valence-corrected chi connectivity index (χ1v) is 7.07. The smallest absolute Gasteiger partial charge is 0.257 e. The number of nitrogens with one attached hydrogen (secondary N) is 1. The average Bonchev–Trinajstić information content (AvgIpc) is 2.75. The van der Waals surface area contributed by atoms with Gasteiger partial charge in [-0.05, 0) is 43.7 Å². The van der Waals surface area contributed by atoms with Gasteiger partial charge in [-0.25, -0.2) is 0 Å². The Morgan fingerprint density at radius 2 is 1.95 bits per heavy atom. The van der Waals surface area contributed by atoms with Gasteiger partial charge in [0.05, 0.1) is 0 Å². The van der Waals surface area contributed by atoms with Gasteiger partial charge >= 0.3 is 0 Å². The summed E-state index contributed by atoms with van der Waals surface area (Å²) >= 11 is 0. The number of hydrogen-bond acceptors (Lipinski definition) is 3. The van der Waals surface area contributed by atoms with E-state index in [0.717, 1.165) is 17.9 Å². The molecule has 0 radical (unpaired) electrons. The topological polar surface area (TPSA) is 52.6 Å². The fraction of sp³-hybridized carbons (Fsp3) is 0.235. The highest BCUT2D eigenvalue weighted by molar-refractivity contribution is 6.02. The van der Waals surface area contributed by atoms with Gasteiger partial charge in [-0.2, -0.15) is 0 Å². The van der Waals surface area contributed by atoms with Gasteiger partial charge in [0, 0.05) is 29.2 Å². The van der Waals surface area contributed by atoms with E-state index in [0.29, 0.717) is 11.3 Å². The van der Waals surface area contributed by atoms with E-state index in [2.05, 4.69) is 42.3 Å². The van der Waals surface area contributed by atoms with Gasteiger partial charge in [-0.15, -0.1) is 0 Å². The lowest BCUT2D eigenvalue weighted by Crippen LogP contribution is -2.16. The molecule has 1 amide bonds. The molecule has 1 unspecified atom stereocenters. The Labute approximate surface area is 124 Å². The van der Waals surface area contributed by atoms with Crippen molar-refractivity contribution in [2.75, 3.05) is 16.8 Å². The highest BCUT2D eigenvalue weighted by Gasteiger charge is 2.28. The molecule has 0 bridgehead atoms. The summed E-state index contributed by atoms with van der Waals surface area (Å²) in [4.78, 5) is 13.7. The minimum atomic E-state index is -1.05. The first-order chi connectivity index (χ1) is 10.1. The predicted molar refractivity (Wildman–Crippen MR) is 83.9 cm³/mol. The molecule has 0 saturated heterocycles. The van der Waals surface area contributed by atoms with E-state index in [1.807, 2.05) is 24.3 Å². The van der Waals surface area contributed by atoms with Gasteiger partial charge in [0.15, 0.2) is 6.10 Å². The fourth-order valence-electron chi connectivity index (χ4n) is 2.71. The van der Waals surface area contributed by atoms with Crippen molar-refractivity contribution in [3.8, 4) is 0 Å². The van der Waals surface area contributed by atoms with Crippen LogP contribution in [0.2, 0.25) is 0 Å². The maximum Gasteiger partial charge on any atom is 0.257 e. The van der Waals surface area contributed by atoms with Gasteiger partial charge in [-0.3, -0.25) is 4.79 Å². The maximum atomic E-state index is 11.5. The van der Waals surface area contributed by atoms with Crippen LogP contribution < -0.4 is 10.2 Å². The number of nitrogens with zero attached hydrogens (tertiary/aromatic N) is 1. The van der Waals surface area contributed by atoms with Gasteiger partial charge in [0.25, 0.3) is 5.91 Å². The highest BCUT2D eigenvalue weighted by Crippen LogP contribution is 2.36. The van der Waals surface area contributed by atoms with Crippen LogP contribution in [-0.2, 0) is 4.79 Å². The Balaban J connectivity index is 2.00. The van der Waals surface area contributed by atoms with Crippen LogP contribution >= 0.6 is 0 Å². The second-order valence-corrected chi connectivity index (χ2v) is 5.25. The van der Waals surface area contributed by atoms with Crippen LogP contribution in [0.25, 0.3) is 0 Å². The summed E-state index contributed by atoms with van der Waals surface area (Å²) in [7, 11) is 0. The van der Waals surface area contributed by atoms with Crippen molar-refractivity contribution in [2.45, 2.75) is 20.0 Å². The molecule has 1 heterocycles. The number of aliphatic hydroxyl groups excluding tert-OH is 1. The molecule has 2 aromatic carbocycles. The van der Waals surface area contributed by atoms with E-state index >= 15 is 0 Å². The summed E-state index contributed by atoms with van der Waals surface area (Å²) < 4.78 is 0. The van der Waals surface area contributed by atoms with E-state index < -0.39 is 6.10 Å². The molecule has 1 aliphatic heterocycles. The summed E-state index contributed by atoms with van der Waals surface area (Å²) in [5.41, 5.74) is 4.65. The maximum absolute atomic E-state index is 11.5. The van der Waals surface area contributed by atoms with Crippen molar-refractivity contribution in [1.29, 1.82) is 0 Å². The molecule has 108 valence electrons. The molecule has 0 aliphatic carbocycles. The van der Waals surface area contributed by atoms with Crippen LogP contribution in [0, 0.1) is 6.92 Å². The quantitative estimate of drug-likeness (QED) is 0.909. The summed E-state index contributed by atoms with van der Waals surface area (Å²) in [6, 6.07) is 14.0. The van der Waals surface area contributed by atoms with Crippen LogP contribution in [0.5, 0.6) is 0 Å².